The van der Waals surface area contributed by atoms with E-state index < -0.39 is 0 Å². The highest BCUT2D eigenvalue weighted by Crippen LogP contribution is 2.34. The van der Waals surface area contributed by atoms with E-state index in [1.165, 1.54) is 36.8 Å². The lowest BCUT2D eigenvalue weighted by Crippen LogP contribution is -2.14. The van der Waals surface area contributed by atoms with E-state index in [1.54, 1.807) is 19.4 Å². The first kappa shape index (κ1) is 20.7. The summed E-state index contributed by atoms with van der Waals surface area (Å²) in [7, 11) is 1.55. The summed E-state index contributed by atoms with van der Waals surface area (Å²) >= 11 is 7.51. The van der Waals surface area contributed by atoms with Crippen molar-refractivity contribution in [3.05, 3.63) is 45.9 Å². The van der Waals surface area contributed by atoms with Crippen molar-refractivity contribution < 1.29 is 9.53 Å². The normalized spacial score (nSPS) is 13.7. The van der Waals surface area contributed by atoms with Gasteiger partial charge in [0.2, 0.25) is 5.13 Å². The predicted molar refractivity (Wildman–Crippen MR) is 117 cm³/mol. The summed E-state index contributed by atoms with van der Waals surface area (Å²) < 4.78 is 5.42. The zero-order chi connectivity index (χ0) is 21.1. The van der Waals surface area contributed by atoms with Crippen LogP contribution in [0.2, 0.25) is 5.15 Å². The van der Waals surface area contributed by atoms with Crippen LogP contribution in [0, 0.1) is 12.8 Å². The Balaban J connectivity index is 1.56. The summed E-state index contributed by atoms with van der Waals surface area (Å²) in [5, 5.41) is 12.9. The monoisotopic (exact) mass is 443 g/mol. The van der Waals surface area contributed by atoms with E-state index >= 15 is 0 Å². The van der Waals surface area contributed by atoms with E-state index in [-0.39, 0.29) is 5.91 Å². The Morgan fingerprint density at radius 3 is 2.80 bits per heavy atom. The second-order valence-corrected chi connectivity index (χ2v) is 8.82. The number of aryl methyl sites for hydroxylation is 2. The van der Waals surface area contributed by atoms with Crippen LogP contribution in [-0.4, -0.2) is 33.2 Å². The lowest BCUT2D eigenvalue weighted by Gasteiger charge is -2.24. The van der Waals surface area contributed by atoms with Gasteiger partial charge < -0.3 is 4.74 Å². The third-order valence-corrected chi connectivity index (χ3v) is 6.41. The van der Waals surface area contributed by atoms with Gasteiger partial charge in [-0.3, -0.25) is 15.1 Å². The number of nitrogens with one attached hydrogen (secondary N) is 1. The van der Waals surface area contributed by atoms with Gasteiger partial charge in [0.1, 0.15) is 15.9 Å². The van der Waals surface area contributed by atoms with Gasteiger partial charge in [-0.2, -0.15) is 0 Å². The summed E-state index contributed by atoms with van der Waals surface area (Å²) in [5.74, 6) is 1.03. The number of halogens is 1. The Hall–Kier alpha value is -2.58. The van der Waals surface area contributed by atoms with Crippen LogP contribution in [0.1, 0.15) is 46.7 Å². The van der Waals surface area contributed by atoms with E-state index in [4.69, 9.17) is 16.3 Å². The van der Waals surface area contributed by atoms with Gasteiger partial charge in [-0.1, -0.05) is 42.2 Å². The van der Waals surface area contributed by atoms with Crippen molar-refractivity contribution >= 4 is 34.0 Å². The molecule has 0 atom stereocenters. The molecule has 0 saturated heterocycles. The summed E-state index contributed by atoms with van der Waals surface area (Å²) in [6.45, 7) is 1.86. The molecule has 0 radical (unpaired) electrons. The van der Waals surface area contributed by atoms with E-state index in [2.05, 4.69) is 25.5 Å². The molecule has 30 heavy (non-hydrogen) atoms. The van der Waals surface area contributed by atoms with Crippen molar-refractivity contribution in [1.29, 1.82) is 0 Å². The molecule has 0 spiro atoms. The third-order valence-electron chi connectivity index (χ3n) is 5.31. The molecular weight excluding hydrogens is 422 g/mol. The number of hydrogen-bond acceptors (Lipinski definition) is 7. The quantitative estimate of drug-likeness (QED) is 0.519. The fourth-order valence-corrected chi connectivity index (χ4v) is 4.34. The predicted octanol–water partition coefficient (Wildman–Crippen LogP) is 4.95. The van der Waals surface area contributed by atoms with E-state index in [0.717, 1.165) is 29.5 Å². The maximum Gasteiger partial charge on any atom is 0.259 e. The largest absolute Gasteiger partial charge is 0.494 e. The van der Waals surface area contributed by atoms with E-state index in [1.807, 2.05) is 13.0 Å². The van der Waals surface area contributed by atoms with Gasteiger partial charge in [-0.25, -0.2) is 4.98 Å². The van der Waals surface area contributed by atoms with Gasteiger partial charge in [0.25, 0.3) is 5.91 Å². The number of aromatic nitrogens is 4. The Morgan fingerprint density at radius 2 is 2.07 bits per heavy atom. The van der Waals surface area contributed by atoms with Gasteiger partial charge >= 0.3 is 0 Å². The molecule has 3 aromatic rings. The summed E-state index contributed by atoms with van der Waals surface area (Å²) in [6, 6.07) is 3.50. The summed E-state index contributed by atoms with van der Waals surface area (Å²) in [4.78, 5) is 21.4. The highest BCUT2D eigenvalue weighted by Gasteiger charge is 2.20. The lowest BCUT2D eigenvalue weighted by atomic mass is 9.82. The second-order valence-electron chi connectivity index (χ2n) is 7.37. The first-order chi connectivity index (χ1) is 14.5. The van der Waals surface area contributed by atoms with E-state index in [9.17, 15) is 4.79 Å². The number of methoxy groups -OCH3 is 1. The number of ether oxygens (including phenoxy) is 1. The van der Waals surface area contributed by atoms with Crippen LogP contribution in [0.15, 0.2) is 24.5 Å². The minimum Gasteiger partial charge on any atom is -0.494 e. The first-order valence-corrected chi connectivity index (χ1v) is 11.0. The van der Waals surface area contributed by atoms with Crippen LogP contribution >= 0.6 is 22.9 Å². The number of pyridine rings is 2. The van der Waals surface area contributed by atoms with Crippen molar-refractivity contribution in [2.75, 3.05) is 12.4 Å². The maximum atomic E-state index is 13.0. The van der Waals surface area contributed by atoms with E-state index in [0.29, 0.717) is 32.7 Å². The fraction of sp³-hybridized carbons (Fsp3) is 0.381. The molecule has 7 nitrogen and oxygen atoms in total. The topological polar surface area (TPSA) is 89.9 Å². The molecule has 0 bridgehead atoms. The zero-order valence-electron chi connectivity index (χ0n) is 16.8. The molecule has 0 aliphatic heterocycles. The van der Waals surface area contributed by atoms with Crippen molar-refractivity contribution in [2.45, 2.75) is 39.0 Å². The van der Waals surface area contributed by atoms with Crippen molar-refractivity contribution in [1.82, 2.24) is 20.2 Å². The van der Waals surface area contributed by atoms with Crippen molar-refractivity contribution in [3.63, 3.8) is 0 Å². The molecule has 3 heterocycles. The van der Waals surface area contributed by atoms with Gasteiger partial charge in [-0.05, 0) is 31.4 Å². The highest BCUT2D eigenvalue weighted by atomic mass is 35.5. The molecule has 1 fully saturated rings. The molecule has 1 aliphatic carbocycles. The standard InChI is InChI=1S/C21H22ClN5O2S/c1-12-8-14(15-9-18(22)24-11-17(15)29-2)16(10-23-12)20(28)25-21-27-26-19(30-21)7-6-13-4-3-5-13/h8-11,13H,3-7H2,1-2H3,(H,25,27,28). The highest BCUT2D eigenvalue weighted by molar-refractivity contribution is 7.15. The Kier molecular flexibility index (Phi) is 6.24. The number of carbonyl (C=O) groups excluding carboxylic acids is 1. The number of hydrogen-bond donors (Lipinski definition) is 1. The number of nitrogens with zero attached hydrogens (tertiary/aromatic N) is 4. The molecule has 1 amide bonds. The molecular formula is C21H22ClN5O2S. The molecule has 1 saturated carbocycles. The van der Waals surface area contributed by atoms with Gasteiger partial charge in [0.15, 0.2) is 0 Å². The Labute approximate surface area is 183 Å². The minimum absolute atomic E-state index is 0.311. The lowest BCUT2D eigenvalue weighted by molar-refractivity contribution is 0.102. The molecule has 9 heteroatoms. The number of rotatable bonds is 7. The maximum absolute atomic E-state index is 13.0. The SMILES string of the molecule is COc1cnc(Cl)cc1-c1cc(C)ncc1C(=O)Nc1nnc(CCC2CCC2)s1. The summed E-state index contributed by atoms with van der Waals surface area (Å²) in [6.07, 6.45) is 9.09. The third kappa shape index (κ3) is 4.60. The van der Waals surface area contributed by atoms with Crippen LogP contribution in [-0.2, 0) is 6.42 Å². The zero-order valence-corrected chi connectivity index (χ0v) is 18.4. The number of anilines is 1. The van der Waals surface area contributed by atoms with Gasteiger partial charge in [-0.15, -0.1) is 10.2 Å². The molecule has 3 aromatic heterocycles. The minimum atomic E-state index is -0.311. The molecule has 1 aliphatic rings. The smallest absolute Gasteiger partial charge is 0.259 e. The van der Waals surface area contributed by atoms with Crippen LogP contribution in [0.4, 0.5) is 5.13 Å². The van der Waals surface area contributed by atoms with Crippen molar-refractivity contribution in [2.24, 2.45) is 5.92 Å². The average Bonchev–Trinajstić information content (AvgIpc) is 3.13. The van der Waals surface area contributed by atoms with Gasteiger partial charge in [0, 0.05) is 29.4 Å². The fourth-order valence-electron chi connectivity index (χ4n) is 3.43. The molecule has 0 aromatic carbocycles. The Bertz CT molecular complexity index is 1070. The van der Waals surface area contributed by atoms with Crippen LogP contribution in [0.5, 0.6) is 5.75 Å². The molecule has 156 valence electrons. The Morgan fingerprint density at radius 1 is 1.23 bits per heavy atom. The van der Waals surface area contributed by atoms with Crippen molar-refractivity contribution in [3.8, 4) is 16.9 Å². The van der Waals surface area contributed by atoms with Crippen LogP contribution in [0.25, 0.3) is 11.1 Å². The summed E-state index contributed by atoms with van der Waals surface area (Å²) in [5.41, 5.74) is 2.50. The second kappa shape index (κ2) is 9.06. The molecule has 1 N–H and O–H groups in total. The van der Waals surface area contributed by atoms with Crippen LogP contribution in [0.3, 0.4) is 0 Å². The number of carbonyl (C=O) groups is 1. The van der Waals surface area contributed by atoms with Crippen LogP contribution < -0.4 is 10.1 Å². The first-order valence-electron chi connectivity index (χ1n) is 9.83. The average molecular weight is 444 g/mol. The molecule has 4 rings (SSSR count). The number of amides is 1. The molecule has 0 unspecified atom stereocenters. The van der Waals surface area contributed by atoms with Gasteiger partial charge in [0.05, 0.1) is 18.9 Å².